The monoisotopic (exact) mass is 279 g/mol. The molecule has 20 heavy (non-hydrogen) atoms. The van der Waals surface area contributed by atoms with Gasteiger partial charge in [0.15, 0.2) is 0 Å². The van der Waals surface area contributed by atoms with Gasteiger partial charge < -0.3 is 10.1 Å². The molecule has 2 bridgehead atoms. The Kier molecular flexibility index (Phi) is 4.72. The molecule has 1 saturated heterocycles. The van der Waals surface area contributed by atoms with Crippen molar-refractivity contribution < 1.29 is 4.74 Å². The summed E-state index contributed by atoms with van der Waals surface area (Å²) in [5.74, 6) is 3.90. The minimum Gasteiger partial charge on any atom is -0.381 e. The molecule has 0 aromatic heterocycles. The summed E-state index contributed by atoms with van der Waals surface area (Å²) >= 11 is 0. The van der Waals surface area contributed by atoms with E-state index in [1.54, 1.807) is 6.42 Å². The summed E-state index contributed by atoms with van der Waals surface area (Å²) in [6.07, 6.45) is 10.2. The third-order valence-corrected chi connectivity index (χ3v) is 6.04. The van der Waals surface area contributed by atoms with E-state index in [2.05, 4.69) is 19.2 Å². The Bertz CT molecular complexity index is 309. The largest absolute Gasteiger partial charge is 0.381 e. The van der Waals surface area contributed by atoms with Crippen molar-refractivity contribution >= 4 is 0 Å². The van der Waals surface area contributed by atoms with Crippen LogP contribution in [0.25, 0.3) is 0 Å². The summed E-state index contributed by atoms with van der Waals surface area (Å²) in [6, 6.07) is 0. The van der Waals surface area contributed by atoms with Gasteiger partial charge in [-0.15, -0.1) is 0 Å². The molecule has 2 saturated carbocycles. The van der Waals surface area contributed by atoms with Crippen LogP contribution in [0.5, 0.6) is 0 Å². The van der Waals surface area contributed by atoms with Crippen LogP contribution in [0.2, 0.25) is 0 Å². The van der Waals surface area contributed by atoms with Gasteiger partial charge in [0.05, 0.1) is 6.61 Å². The Morgan fingerprint density at radius 1 is 1.25 bits per heavy atom. The zero-order chi connectivity index (χ0) is 14.0. The number of fused-ring (bicyclic) bond motifs is 2. The first-order valence-corrected chi connectivity index (χ1v) is 8.95. The molecule has 0 aromatic rings. The maximum absolute atomic E-state index is 5.89. The highest BCUT2D eigenvalue weighted by atomic mass is 16.5. The van der Waals surface area contributed by atoms with Crippen LogP contribution < -0.4 is 5.32 Å². The molecule has 3 rings (SSSR count). The van der Waals surface area contributed by atoms with Gasteiger partial charge in [0.25, 0.3) is 0 Å². The second-order valence-electron chi connectivity index (χ2n) is 8.32. The number of nitrogens with one attached hydrogen (secondary N) is 1. The molecule has 0 spiro atoms. The van der Waals surface area contributed by atoms with E-state index in [0.717, 1.165) is 43.4 Å². The first-order chi connectivity index (χ1) is 9.67. The topological polar surface area (TPSA) is 21.3 Å². The molecule has 1 heterocycles. The van der Waals surface area contributed by atoms with E-state index in [1.807, 2.05) is 0 Å². The van der Waals surface area contributed by atoms with Crippen molar-refractivity contribution in [1.82, 2.24) is 5.32 Å². The third-order valence-electron chi connectivity index (χ3n) is 6.04. The molecule has 4 unspecified atom stereocenters. The molecule has 4 atom stereocenters. The van der Waals surface area contributed by atoms with Crippen molar-refractivity contribution in [1.29, 1.82) is 0 Å². The van der Waals surface area contributed by atoms with Crippen LogP contribution in [0.3, 0.4) is 0 Å². The van der Waals surface area contributed by atoms with Crippen LogP contribution in [-0.2, 0) is 4.74 Å². The van der Waals surface area contributed by atoms with Crippen LogP contribution in [-0.4, -0.2) is 26.3 Å². The predicted octanol–water partition coefficient (Wildman–Crippen LogP) is 3.86. The minimum atomic E-state index is 0.447. The fraction of sp³-hybridized carbons (Fsp3) is 1.00. The van der Waals surface area contributed by atoms with Gasteiger partial charge in [-0.2, -0.15) is 0 Å². The Morgan fingerprint density at radius 2 is 2.15 bits per heavy atom. The second-order valence-corrected chi connectivity index (χ2v) is 8.32. The van der Waals surface area contributed by atoms with Crippen molar-refractivity contribution in [2.45, 2.75) is 58.8 Å². The van der Waals surface area contributed by atoms with E-state index in [-0.39, 0.29) is 0 Å². The summed E-state index contributed by atoms with van der Waals surface area (Å²) in [7, 11) is 0. The van der Waals surface area contributed by atoms with E-state index in [4.69, 9.17) is 4.74 Å². The molecule has 116 valence electrons. The van der Waals surface area contributed by atoms with Gasteiger partial charge in [-0.05, 0) is 68.7 Å². The Labute approximate surface area is 125 Å². The molecule has 1 aliphatic heterocycles. The van der Waals surface area contributed by atoms with Crippen LogP contribution in [0.1, 0.15) is 58.8 Å². The lowest BCUT2D eigenvalue weighted by Gasteiger charge is -2.41. The Balaban J connectivity index is 1.57. The summed E-state index contributed by atoms with van der Waals surface area (Å²) in [6.45, 7) is 8.92. The van der Waals surface area contributed by atoms with E-state index >= 15 is 0 Å². The van der Waals surface area contributed by atoms with Crippen molar-refractivity contribution in [3.63, 3.8) is 0 Å². The smallest absolute Gasteiger partial charge is 0.0534 e. The SMILES string of the molecule is CC(C)CNCC1(CC2CC3CCC2C3)CCCOC1. The summed E-state index contributed by atoms with van der Waals surface area (Å²) in [4.78, 5) is 0. The van der Waals surface area contributed by atoms with Gasteiger partial charge in [-0.1, -0.05) is 20.3 Å². The number of hydrogen-bond acceptors (Lipinski definition) is 2. The fourth-order valence-corrected chi connectivity index (χ4v) is 5.09. The van der Waals surface area contributed by atoms with Gasteiger partial charge >= 0.3 is 0 Å². The normalized spacial score (nSPS) is 40.6. The number of hydrogen-bond donors (Lipinski definition) is 1. The summed E-state index contributed by atoms with van der Waals surface area (Å²) in [5.41, 5.74) is 0.447. The Morgan fingerprint density at radius 3 is 2.75 bits per heavy atom. The highest BCUT2D eigenvalue weighted by Crippen LogP contribution is 2.52. The highest BCUT2D eigenvalue weighted by Gasteiger charge is 2.44. The van der Waals surface area contributed by atoms with Crippen LogP contribution >= 0.6 is 0 Å². The standard InChI is InChI=1S/C18H33NO/c1-14(2)11-19-12-18(6-3-7-20-13-18)10-17-9-15-4-5-16(17)8-15/h14-17,19H,3-13H2,1-2H3. The number of ether oxygens (including phenoxy) is 1. The fourth-order valence-electron chi connectivity index (χ4n) is 5.09. The molecule has 2 nitrogen and oxygen atoms in total. The lowest BCUT2D eigenvalue weighted by atomic mass is 9.71. The van der Waals surface area contributed by atoms with Crippen molar-refractivity contribution in [3.8, 4) is 0 Å². The average Bonchev–Trinajstić information content (AvgIpc) is 3.01. The molecular weight excluding hydrogens is 246 g/mol. The zero-order valence-corrected chi connectivity index (χ0v) is 13.5. The second kappa shape index (κ2) is 6.36. The number of rotatable bonds is 6. The Hall–Kier alpha value is -0.0800. The third kappa shape index (κ3) is 3.39. The van der Waals surface area contributed by atoms with Crippen molar-refractivity contribution in [2.75, 3.05) is 26.3 Å². The summed E-state index contributed by atoms with van der Waals surface area (Å²) < 4.78 is 5.89. The highest BCUT2D eigenvalue weighted by molar-refractivity contribution is 4.95. The van der Waals surface area contributed by atoms with E-state index < -0.39 is 0 Å². The van der Waals surface area contributed by atoms with Crippen LogP contribution in [0.15, 0.2) is 0 Å². The zero-order valence-electron chi connectivity index (χ0n) is 13.5. The lowest BCUT2D eigenvalue weighted by molar-refractivity contribution is -0.0251. The molecule has 0 radical (unpaired) electrons. The van der Waals surface area contributed by atoms with Gasteiger partial charge in [-0.25, -0.2) is 0 Å². The van der Waals surface area contributed by atoms with E-state index in [0.29, 0.717) is 5.41 Å². The first-order valence-electron chi connectivity index (χ1n) is 8.95. The van der Waals surface area contributed by atoms with Gasteiger partial charge in [-0.3, -0.25) is 0 Å². The van der Waals surface area contributed by atoms with Gasteiger partial charge in [0.1, 0.15) is 0 Å². The van der Waals surface area contributed by atoms with Crippen molar-refractivity contribution in [3.05, 3.63) is 0 Å². The molecule has 2 aliphatic carbocycles. The molecule has 2 heteroatoms. The van der Waals surface area contributed by atoms with Crippen molar-refractivity contribution in [2.24, 2.45) is 29.1 Å². The quantitative estimate of drug-likeness (QED) is 0.797. The van der Waals surface area contributed by atoms with E-state index in [9.17, 15) is 0 Å². The predicted molar refractivity (Wildman–Crippen MR) is 83.7 cm³/mol. The van der Waals surface area contributed by atoms with Crippen LogP contribution in [0.4, 0.5) is 0 Å². The summed E-state index contributed by atoms with van der Waals surface area (Å²) in [5, 5.41) is 3.73. The maximum Gasteiger partial charge on any atom is 0.0534 e. The van der Waals surface area contributed by atoms with Gasteiger partial charge in [0.2, 0.25) is 0 Å². The molecule has 0 amide bonds. The molecular formula is C18H33NO. The van der Waals surface area contributed by atoms with E-state index in [1.165, 1.54) is 45.1 Å². The van der Waals surface area contributed by atoms with Gasteiger partial charge in [0, 0.05) is 18.6 Å². The molecule has 3 fully saturated rings. The maximum atomic E-state index is 5.89. The minimum absolute atomic E-state index is 0.447. The van der Waals surface area contributed by atoms with Crippen LogP contribution in [0, 0.1) is 29.1 Å². The molecule has 1 N–H and O–H groups in total. The molecule has 0 aromatic carbocycles. The average molecular weight is 279 g/mol. The molecule has 3 aliphatic rings. The first kappa shape index (κ1) is 14.8. The lowest BCUT2D eigenvalue weighted by Crippen LogP contribution is -2.43.